The van der Waals surface area contributed by atoms with Crippen LogP contribution in [0.1, 0.15) is 39.0 Å². The Morgan fingerprint density at radius 3 is 2.68 bits per heavy atom. The minimum atomic E-state index is -0.597. The Labute approximate surface area is 112 Å². The fourth-order valence-electron chi connectivity index (χ4n) is 2.85. The van der Waals surface area contributed by atoms with Gasteiger partial charge in [-0.25, -0.2) is 0 Å². The zero-order chi connectivity index (χ0) is 14.2. The van der Waals surface area contributed by atoms with E-state index in [2.05, 4.69) is 5.32 Å². The number of imide groups is 1. The molecule has 0 spiro atoms. The lowest BCUT2D eigenvalue weighted by Crippen LogP contribution is -2.57. The lowest BCUT2D eigenvalue weighted by atomic mass is 9.83. The van der Waals surface area contributed by atoms with Crippen LogP contribution in [0.15, 0.2) is 0 Å². The Morgan fingerprint density at radius 2 is 2.11 bits per heavy atom. The van der Waals surface area contributed by atoms with Gasteiger partial charge in [-0.3, -0.25) is 19.3 Å². The molecule has 3 N–H and O–H groups in total. The highest BCUT2D eigenvalue weighted by Crippen LogP contribution is 2.37. The fourth-order valence-corrected chi connectivity index (χ4v) is 2.85. The van der Waals surface area contributed by atoms with Crippen molar-refractivity contribution in [1.29, 1.82) is 0 Å². The Hall–Kier alpha value is -1.43. The maximum atomic E-state index is 12.3. The predicted octanol–water partition coefficient (Wildman–Crippen LogP) is -0.232. The van der Waals surface area contributed by atoms with Gasteiger partial charge in [-0.2, -0.15) is 0 Å². The quantitative estimate of drug-likeness (QED) is 0.676. The summed E-state index contributed by atoms with van der Waals surface area (Å²) in [5.41, 5.74) is 5.40. The van der Waals surface area contributed by atoms with Crippen LogP contribution in [0.2, 0.25) is 0 Å². The predicted molar refractivity (Wildman–Crippen MR) is 68.9 cm³/mol. The third-order valence-corrected chi connectivity index (χ3v) is 4.50. The van der Waals surface area contributed by atoms with Crippen molar-refractivity contribution in [3.63, 3.8) is 0 Å². The molecule has 1 heterocycles. The van der Waals surface area contributed by atoms with Crippen molar-refractivity contribution < 1.29 is 14.4 Å². The SMILES string of the molecule is CN1C(=O)CCC(NC(=O)C2(C)CCCC2N)C1=O. The number of carbonyl (C=O) groups is 3. The summed E-state index contributed by atoms with van der Waals surface area (Å²) in [5, 5.41) is 2.77. The number of likely N-dealkylation sites (N-methyl/N-ethyl adjacent to an activating group) is 1. The number of nitrogens with two attached hydrogens (primary N) is 1. The van der Waals surface area contributed by atoms with Crippen LogP contribution in [0.3, 0.4) is 0 Å². The van der Waals surface area contributed by atoms with Crippen LogP contribution < -0.4 is 11.1 Å². The maximum absolute atomic E-state index is 12.3. The summed E-state index contributed by atoms with van der Waals surface area (Å²) >= 11 is 0. The Kier molecular flexibility index (Phi) is 3.62. The summed E-state index contributed by atoms with van der Waals surface area (Å²) in [7, 11) is 1.45. The molecular formula is C13H21N3O3. The van der Waals surface area contributed by atoms with E-state index in [0.717, 1.165) is 24.2 Å². The van der Waals surface area contributed by atoms with Crippen molar-refractivity contribution >= 4 is 17.7 Å². The van der Waals surface area contributed by atoms with E-state index in [4.69, 9.17) is 5.73 Å². The molecule has 1 aliphatic carbocycles. The van der Waals surface area contributed by atoms with E-state index in [1.54, 1.807) is 0 Å². The minimum absolute atomic E-state index is 0.162. The number of rotatable bonds is 2. The number of carbonyl (C=O) groups excluding carboxylic acids is 3. The molecule has 6 heteroatoms. The van der Waals surface area contributed by atoms with E-state index in [1.165, 1.54) is 7.05 Å². The van der Waals surface area contributed by atoms with Crippen LogP contribution in [0.25, 0.3) is 0 Å². The zero-order valence-electron chi connectivity index (χ0n) is 11.4. The van der Waals surface area contributed by atoms with Crippen LogP contribution in [0.5, 0.6) is 0 Å². The van der Waals surface area contributed by atoms with Crippen molar-refractivity contribution in [2.75, 3.05) is 7.05 Å². The van der Waals surface area contributed by atoms with Crippen molar-refractivity contribution in [2.45, 2.75) is 51.1 Å². The number of nitrogens with zero attached hydrogens (tertiary/aromatic N) is 1. The van der Waals surface area contributed by atoms with Crippen molar-refractivity contribution in [3.8, 4) is 0 Å². The van der Waals surface area contributed by atoms with Gasteiger partial charge in [0.15, 0.2) is 0 Å². The first kappa shape index (κ1) is 14.0. The molecule has 2 rings (SSSR count). The van der Waals surface area contributed by atoms with Gasteiger partial charge in [0.25, 0.3) is 5.91 Å². The third kappa shape index (κ3) is 2.36. The zero-order valence-corrected chi connectivity index (χ0v) is 11.4. The number of hydrogen-bond acceptors (Lipinski definition) is 4. The molecule has 1 saturated carbocycles. The summed E-state index contributed by atoms with van der Waals surface area (Å²) in [5.74, 6) is -0.697. The highest BCUT2D eigenvalue weighted by Gasteiger charge is 2.44. The summed E-state index contributed by atoms with van der Waals surface area (Å²) in [4.78, 5) is 36.7. The highest BCUT2D eigenvalue weighted by molar-refractivity contribution is 6.01. The van der Waals surface area contributed by atoms with Gasteiger partial charge in [-0.05, 0) is 26.2 Å². The summed E-state index contributed by atoms with van der Waals surface area (Å²) in [6.45, 7) is 1.85. The van der Waals surface area contributed by atoms with Gasteiger partial charge in [0.1, 0.15) is 6.04 Å². The monoisotopic (exact) mass is 267 g/mol. The topological polar surface area (TPSA) is 92.5 Å². The second kappa shape index (κ2) is 4.92. The van der Waals surface area contributed by atoms with Crippen molar-refractivity contribution in [3.05, 3.63) is 0 Å². The summed E-state index contributed by atoms with van der Waals surface area (Å²) in [6, 6.07) is -0.759. The molecule has 0 bridgehead atoms. The molecule has 1 aliphatic heterocycles. The number of likely N-dealkylation sites (tertiary alicyclic amines) is 1. The summed E-state index contributed by atoms with van der Waals surface area (Å²) in [6.07, 6.45) is 3.17. The molecule has 2 aliphatic rings. The second-order valence-corrected chi connectivity index (χ2v) is 5.77. The Bertz CT molecular complexity index is 423. The van der Waals surface area contributed by atoms with Crippen LogP contribution >= 0.6 is 0 Å². The Balaban J connectivity index is 2.03. The molecule has 3 unspecified atom stereocenters. The number of hydrogen-bond donors (Lipinski definition) is 2. The standard InChI is InChI=1S/C13H21N3O3/c1-13(7-3-4-9(13)14)12(19)15-8-5-6-10(17)16(2)11(8)18/h8-9H,3-7,14H2,1-2H3,(H,15,19). The van der Waals surface area contributed by atoms with Crippen molar-refractivity contribution in [1.82, 2.24) is 10.2 Å². The number of amides is 3. The molecule has 106 valence electrons. The molecule has 19 heavy (non-hydrogen) atoms. The summed E-state index contributed by atoms with van der Waals surface area (Å²) < 4.78 is 0. The molecule has 0 aromatic carbocycles. The van der Waals surface area contributed by atoms with E-state index in [1.807, 2.05) is 6.92 Å². The van der Waals surface area contributed by atoms with Crippen molar-refractivity contribution in [2.24, 2.45) is 11.1 Å². The normalized spacial score (nSPS) is 35.6. The first-order valence-electron chi connectivity index (χ1n) is 6.73. The second-order valence-electron chi connectivity index (χ2n) is 5.77. The average molecular weight is 267 g/mol. The molecular weight excluding hydrogens is 246 g/mol. The lowest BCUT2D eigenvalue weighted by Gasteiger charge is -2.33. The van der Waals surface area contributed by atoms with Crippen LogP contribution in [-0.2, 0) is 14.4 Å². The number of piperidine rings is 1. The molecule has 3 atom stereocenters. The van der Waals surface area contributed by atoms with Gasteiger partial charge >= 0.3 is 0 Å². The largest absolute Gasteiger partial charge is 0.344 e. The maximum Gasteiger partial charge on any atom is 0.251 e. The average Bonchev–Trinajstić information content (AvgIpc) is 2.72. The molecule has 6 nitrogen and oxygen atoms in total. The first-order valence-corrected chi connectivity index (χ1v) is 6.73. The molecule has 1 saturated heterocycles. The van der Waals surface area contributed by atoms with Gasteiger partial charge in [0.05, 0.1) is 5.41 Å². The van der Waals surface area contributed by atoms with Crippen LogP contribution in [-0.4, -0.2) is 41.8 Å². The van der Waals surface area contributed by atoms with E-state index in [-0.39, 0.29) is 30.2 Å². The highest BCUT2D eigenvalue weighted by atomic mass is 16.2. The number of nitrogens with one attached hydrogen (secondary N) is 1. The third-order valence-electron chi connectivity index (χ3n) is 4.50. The smallest absolute Gasteiger partial charge is 0.251 e. The molecule has 2 fully saturated rings. The van der Waals surface area contributed by atoms with Crippen LogP contribution in [0.4, 0.5) is 0 Å². The van der Waals surface area contributed by atoms with Gasteiger partial charge in [0.2, 0.25) is 11.8 Å². The van der Waals surface area contributed by atoms with E-state index in [0.29, 0.717) is 6.42 Å². The van der Waals surface area contributed by atoms with E-state index < -0.39 is 11.5 Å². The van der Waals surface area contributed by atoms with Crippen LogP contribution in [0, 0.1) is 5.41 Å². The molecule has 3 amide bonds. The van der Waals surface area contributed by atoms with E-state index in [9.17, 15) is 14.4 Å². The first-order chi connectivity index (χ1) is 8.86. The Morgan fingerprint density at radius 1 is 1.42 bits per heavy atom. The minimum Gasteiger partial charge on any atom is -0.344 e. The lowest BCUT2D eigenvalue weighted by molar-refractivity contribution is -0.150. The fraction of sp³-hybridized carbons (Fsp3) is 0.769. The molecule has 0 aromatic heterocycles. The van der Waals surface area contributed by atoms with Gasteiger partial charge in [-0.15, -0.1) is 0 Å². The van der Waals surface area contributed by atoms with Gasteiger partial charge in [-0.1, -0.05) is 6.42 Å². The molecule has 0 aromatic rings. The van der Waals surface area contributed by atoms with E-state index >= 15 is 0 Å². The molecule has 0 radical (unpaired) electrons. The van der Waals surface area contributed by atoms with Gasteiger partial charge < -0.3 is 11.1 Å². The van der Waals surface area contributed by atoms with Gasteiger partial charge in [0, 0.05) is 19.5 Å².